The Kier molecular flexibility index (Phi) is 3.52. The number of ketones is 1. The number of furan rings is 1. The van der Waals surface area contributed by atoms with Crippen LogP contribution in [0.3, 0.4) is 0 Å². The molecule has 1 unspecified atom stereocenters. The Morgan fingerprint density at radius 2 is 2.47 bits per heavy atom. The van der Waals surface area contributed by atoms with Crippen molar-refractivity contribution in [3.63, 3.8) is 0 Å². The summed E-state index contributed by atoms with van der Waals surface area (Å²) in [5.41, 5.74) is 0. The normalized spacial score (nSPS) is 21.1. The lowest BCUT2D eigenvalue weighted by Gasteiger charge is -2.06. The topological polar surface area (TPSA) is 30.2 Å². The van der Waals surface area contributed by atoms with E-state index >= 15 is 0 Å². The quantitative estimate of drug-likeness (QED) is 0.734. The third kappa shape index (κ3) is 2.65. The van der Waals surface area contributed by atoms with Gasteiger partial charge in [0.1, 0.15) is 11.5 Å². The molecule has 1 fully saturated rings. The number of hydrogen-bond donors (Lipinski definition) is 0. The number of rotatable bonds is 4. The summed E-state index contributed by atoms with van der Waals surface area (Å²) >= 11 is 1.80. The van der Waals surface area contributed by atoms with Crippen LogP contribution in [0.25, 0.3) is 0 Å². The van der Waals surface area contributed by atoms with Gasteiger partial charge in [-0.15, -0.1) is 11.8 Å². The zero-order chi connectivity index (χ0) is 10.7. The predicted octanol–water partition coefficient (Wildman–Crippen LogP) is 3.44. The lowest BCUT2D eigenvalue weighted by atomic mass is 10.1. The van der Waals surface area contributed by atoms with E-state index in [9.17, 15) is 4.79 Å². The van der Waals surface area contributed by atoms with Gasteiger partial charge in [0.05, 0.1) is 6.26 Å². The number of hydrogen-bond acceptors (Lipinski definition) is 3. The number of Topliss-reactive ketones (excluding diaryl/α,β-unsaturated/α-hetero) is 1. The molecule has 0 bridgehead atoms. The van der Waals surface area contributed by atoms with Crippen LogP contribution in [0.1, 0.15) is 31.4 Å². The molecule has 1 aromatic rings. The summed E-state index contributed by atoms with van der Waals surface area (Å²) in [6, 6.07) is 2.00. The average molecular weight is 224 g/mol. The van der Waals surface area contributed by atoms with Crippen LogP contribution < -0.4 is 0 Å². The molecule has 82 valence electrons. The lowest BCUT2D eigenvalue weighted by Crippen LogP contribution is -2.06. The van der Waals surface area contributed by atoms with Gasteiger partial charge in [0.25, 0.3) is 0 Å². The van der Waals surface area contributed by atoms with Gasteiger partial charge in [-0.25, -0.2) is 0 Å². The largest absolute Gasteiger partial charge is 0.468 e. The monoisotopic (exact) mass is 224 g/mol. The van der Waals surface area contributed by atoms with Gasteiger partial charge >= 0.3 is 0 Å². The first-order valence-corrected chi connectivity index (χ1v) is 6.45. The minimum absolute atomic E-state index is 0.338. The van der Waals surface area contributed by atoms with Crippen LogP contribution in [-0.2, 0) is 4.79 Å². The van der Waals surface area contributed by atoms with Gasteiger partial charge < -0.3 is 4.42 Å². The van der Waals surface area contributed by atoms with Crippen molar-refractivity contribution >= 4 is 17.5 Å². The highest BCUT2D eigenvalue weighted by Crippen LogP contribution is 2.29. The SMILES string of the molecule is Cc1occc1SCCC1CCCC1=O. The van der Waals surface area contributed by atoms with Gasteiger partial charge in [0.15, 0.2) is 0 Å². The van der Waals surface area contributed by atoms with Gasteiger partial charge in [-0.1, -0.05) is 0 Å². The van der Waals surface area contributed by atoms with Gasteiger partial charge in [0.2, 0.25) is 0 Å². The van der Waals surface area contributed by atoms with Crippen LogP contribution in [0.15, 0.2) is 21.6 Å². The maximum Gasteiger partial charge on any atom is 0.136 e. The summed E-state index contributed by atoms with van der Waals surface area (Å²) in [6.07, 6.45) is 5.75. The molecule has 1 heterocycles. The van der Waals surface area contributed by atoms with Crippen molar-refractivity contribution in [3.8, 4) is 0 Å². The van der Waals surface area contributed by atoms with E-state index in [1.54, 1.807) is 18.0 Å². The molecule has 1 aliphatic carbocycles. The Balaban J connectivity index is 1.75. The van der Waals surface area contributed by atoms with E-state index < -0.39 is 0 Å². The zero-order valence-electron chi connectivity index (χ0n) is 8.99. The Labute approximate surface area is 94.4 Å². The van der Waals surface area contributed by atoms with E-state index in [0.29, 0.717) is 11.7 Å². The van der Waals surface area contributed by atoms with Crippen molar-refractivity contribution in [1.29, 1.82) is 0 Å². The number of aryl methyl sites for hydroxylation is 1. The van der Waals surface area contributed by atoms with Crippen molar-refractivity contribution in [2.75, 3.05) is 5.75 Å². The molecule has 0 aromatic carbocycles. The first-order chi connectivity index (χ1) is 7.27. The highest BCUT2D eigenvalue weighted by molar-refractivity contribution is 7.99. The van der Waals surface area contributed by atoms with Crippen LogP contribution in [0.2, 0.25) is 0 Å². The molecule has 3 heteroatoms. The molecule has 1 atom stereocenters. The second-order valence-electron chi connectivity index (χ2n) is 4.03. The molecule has 15 heavy (non-hydrogen) atoms. The van der Waals surface area contributed by atoms with Gasteiger partial charge in [-0.2, -0.15) is 0 Å². The fraction of sp³-hybridized carbons (Fsp3) is 0.583. The van der Waals surface area contributed by atoms with Crippen molar-refractivity contribution in [1.82, 2.24) is 0 Å². The van der Waals surface area contributed by atoms with Crippen LogP contribution in [0.4, 0.5) is 0 Å². The van der Waals surface area contributed by atoms with E-state index in [1.165, 1.54) is 4.90 Å². The Morgan fingerprint density at radius 1 is 1.60 bits per heavy atom. The Bertz CT molecular complexity index is 343. The molecule has 0 amide bonds. The van der Waals surface area contributed by atoms with Crippen molar-refractivity contribution in [2.24, 2.45) is 5.92 Å². The molecular formula is C12H16O2S. The summed E-state index contributed by atoms with van der Waals surface area (Å²) in [5.74, 6) is 2.82. The molecule has 1 saturated carbocycles. The molecule has 0 radical (unpaired) electrons. The summed E-state index contributed by atoms with van der Waals surface area (Å²) in [4.78, 5) is 12.6. The molecule has 0 spiro atoms. The zero-order valence-corrected chi connectivity index (χ0v) is 9.81. The molecule has 2 nitrogen and oxygen atoms in total. The number of thioether (sulfide) groups is 1. The van der Waals surface area contributed by atoms with Gasteiger partial charge in [-0.05, 0) is 38.0 Å². The highest BCUT2D eigenvalue weighted by atomic mass is 32.2. The Hall–Kier alpha value is -0.700. The van der Waals surface area contributed by atoms with Crippen molar-refractivity contribution < 1.29 is 9.21 Å². The van der Waals surface area contributed by atoms with E-state index in [-0.39, 0.29) is 0 Å². The molecular weight excluding hydrogens is 208 g/mol. The summed E-state index contributed by atoms with van der Waals surface area (Å²) in [7, 11) is 0. The van der Waals surface area contributed by atoms with Crippen LogP contribution in [-0.4, -0.2) is 11.5 Å². The smallest absolute Gasteiger partial charge is 0.136 e. The highest BCUT2D eigenvalue weighted by Gasteiger charge is 2.23. The summed E-state index contributed by atoms with van der Waals surface area (Å²) in [6.45, 7) is 1.98. The molecule has 2 rings (SSSR count). The first-order valence-electron chi connectivity index (χ1n) is 5.47. The fourth-order valence-corrected chi connectivity index (χ4v) is 3.05. The van der Waals surface area contributed by atoms with Gasteiger partial charge in [-0.3, -0.25) is 4.79 Å². The third-order valence-electron chi connectivity index (χ3n) is 2.97. The van der Waals surface area contributed by atoms with Crippen molar-refractivity contribution in [2.45, 2.75) is 37.5 Å². The predicted molar refractivity (Wildman–Crippen MR) is 61.1 cm³/mol. The fourth-order valence-electron chi connectivity index (χ4n) is 2.03. The van der Waals surface area contributed by atoms with Crippen LogP contribution in [0.5, 0.6) is 0 Å². The molecule has 0 saturated heterocycles. The number of carbonyl (C=O) groups excluding carboxylic acids is 1. The van der Waals surface area contributed by atoms with E-state index in [4.69, 9.17) is 4.42 Å². The average Bonchev–Trinajstić information content (AvgIpc) is 2.78. The molecule has 1 aromatic heterocycles. The summed E-state index contributed by atoms with van der Waals surface area (Å²) in [5, 5.41) is 0. The Morgan fingerprint density at radius 3 is 3.07 bits per heavy atom. The molecule has 0 aliphatic heterocycles. The van der Waals surface area contributed by atoms with E-state index in [1.807, 2.05) is 13.0 Å². The van der Waals surface area contributed by atoms with Crippen molar-refractivity contribution in [3.05, 3.63) is 18.1 Å². The van der Waals surface area contributed by atoms with Crippen LogP contribution >= 0.6 is 11.8 Å². The molecule has 0 N–H and O–H groups in total. The minimum Gasteiger partial charge on any atom is -0.468 e. The minimum atomic E-state index is 0.338. The maximum absolute atomic E-state index is 11.4. The summed E-state index contributed by atoms with van der Waals surface area (Å²) < 4.78 is 5.22. The van der Waals surface area contributed by atoms with Crippen LogP contribution in [0, 0.1) is 12.8 Å². The number of carbonyl (C=O) groups is 1. The second-order valence-corrected chi connectivity index (χ2v) is 5.17. The van der Waals surface area contributed by atoms with E-state index in [0.717, 1.165) is 37.2 Å². The molecule has 1 aliphatic rings. The first kappa shape index (κ1) is 10.8. The maximum atomic E-state index is 11.4. The van der Waals surface area contributed by atoms with Gasteiger partial charge in [0, 0.05) is 17.2 Å². The second kappa shape index (κ2) is 4.88. The lowest BCUT2D eigenvalue weighted by molar-refractivity contribution is -0.120. The third-order valence-corrected chi connectivity index (χ3v) is 4.14. The van der Waals surface area contributed by atoms with E-state index in [2.05, 4.69) is 0 Å². The standard InChI is InChI=1S/C12H16O2S/c1-9-12(5-7-14-9)15-8-6-10-3-2-4-11(10)13/h5,7,10H,2-4,6,8H2,1H3.